The number of hydrogen-bond donors (Lipinski definition) is 0. The molecule has 0 saturated heterocycles. The van der Waals surface area contributed by atoms with Gasteiger partial charge in [0.1, 0.15) is 0 Å². The normalized spacial score (nSPS) is 12.9. The highest BCUT2D eigenvalue weighted by Gasteiger charge is 2.10. The molecule has 0 radical (unpaired) electrons. The predicted molar refractivity (Wildman–Crippen MR) is 122 cm³/mol. The van der Waals surface area contributed by atoms with Crippen molar-refractivity contribution in [1.29, 1.82) is 0 Å². The fourth-order valence-corrected chi connectivity index (χ4v) is 3.99. The summed E-state index contributed by atoms with van der Waals surface area (Å²) in [6.07, 6.45) is -0.544. The number of thiazole rings is 1. The topological polar surface area (TPSA) is 62.3 Å². The molecular formula is C24H17N5S. The maximum atomic E-state index is 4.52. The van der Waals surface area contributed by atoms with E-state index in [1.165, 1.54) is 11.3 Å². The molecule has 0 spiro atoms. The first-order valence-electron chi connectivity index (χ1n) is 9.57. The quantitative estimate of drug-likeness (QED) is 0.272. The summed E-state index contributed by atoms with van der Waals surface area (Å²) in [7, 11) is 0. The third kappa shape index (κ3) is 3.86. The van der Waals surface area contributed by atoms with Gasteiger partial charge < -0.3 is 0 Å². The molecule has 0 aliphatic rings. The third-order valence-corrected chi connectivity index (χ3v) is 5.60. The van der Waals surface area contributed by atoms with E-state index in [0.29, 0.717) is 5.13 Å². The van der Waals surface area contributed by atoms with Gasteiger partial charge in [0.2, 0.25) is 11.3 Å². The molecular weight excluding hydrogens is 390 g/mol. The number of benzene rings is 4. The molecule has 1 atom stereocenters. The summed E-state index contributed by atoms with van der Waals surface area (Å²) in [6.45, 7) is 0. The van der Waals surface area contributed by atoms with E-state index in [0.717, 1.165) is 32.2 Å². The van der Waals surface area contributed by atoms with Gasteiger partial charge in [-0.25, -0.2) is 4.98 Å². The summed E-state index contributed by atoms with van der Waals surface area (Å²) >= 11 is 1.51. The lowest BCUT2D eigenvalue weighted by molar-refractivity contribution is 0.689. The Bertz CT molecular complexity index is 1320. The Hall–Kier alpha value is -3.77. The fourth-order valence-electron chi connectivity index (χ4n) is 3.20. The van der Waals surface area contributed by atoms with Crippen LogP contribution in [0.3, 0.4) is 0 Å². The number of fused-ring (bicyclic) bond motifs is 2. The highest BCUT2D eigenvalue weighted by molar-refractivity contribution is 7.21. The Kier molecular flexibility index (Phi) is 5.06. The van der Waals surface area contributed by atoms with Gasteiger partial charge in [0.15, 0.2) is 0 Å². The standard InChI is InChI=1S/C24H17N5S/c1-2-10-18(11-3-1)23(28-29-24-25-21-14-6-7-16-22(21)30-24)27-26-20-15-8-12-17-9-4-5-13-19(17)20/h1-16,23H. The zero-order valence-electron chi connectivity index (χ0n) is 16.0. The van der Waals surface area contributed by atoms with Crippen molar-refractivity contribution in [2.24, 2.45) is 20.5 Å². The van der Waals surface area contributed by atoms with E-state index in [9.17, 15) is 0 Å². The lowest BCUT2D eigenvalue weighted by Gasteiger charge is -2.06. The Labute approximate surface area is 177 Å². The Morgan fingerprint density at radius 1 is 0.667 bits per heavy atom. The molecule has 5 rings (SSSR count). The molecule has 1 aromatic heterocycles. The highest BCUT2D eigenvalue weighted by Crippen LogP contribution is 2.31. The maximum Gasteiger partial charge on any atom is 0.230 e. The first kappa shape index (κ1) is 18.3. The van der Waals surface area contributed by atoms with Crippen molar-refractivity contribution in [2.45, 2.75) is 6.17 Å². The zero-order valence-corrected chi connectivity index (χ0v) is 16.8. The summed E-state index contributed by atoms with van der Waals surface area (Å²) in [5, 5.41) is 20.7. The summed E-state index contributed by atoms with van der Waals surface area (Å²) in [6, 6.07) is 31.9. The van der Waals surface area contributed by atoms with Crippen LogP contribution in [-0.4, -0.2) is 4.98 Å². The Morgan fingerprint density at radius 3 is 2.30 bits per heavy atom. The molecule has 0 saturated carbocycles. The van der Waals surface area contributed by atoms with Gasteiger partial charge in [0, 0.05) is 10.9 Å². The van der Waals surface area contributed by atoms with Crippen molar-refractivity contribution < 1.29 is 0 Å². The number of hydrogen-bond acceptors (Lipinski definition) is 6. The van der Waals surface area contributed by atoms with Crippen molar-refractivity contribution in [2.75, 3.05) is 0 Å². The minimum absolute atomic E-state index is 0.544. The molecule has 4 aromatic carbocycles. The summed E-state index contributed by atoms with van der Waals surface area (Å²) in [5.41, 5.74) is 2.65. The van der Waals surface area contributed by atoms with E-state index < -0.39 is 6.17 Å². The largest absolute Gasteiger partial charge is 0.230 e. The molecule has 1 unspecified atom stereocenters. The lowest BCUT2D eigenvalue weighted by atomic mass is 10.1. The lowest BCUT2D eigenvalue weighted by Crippen LogP contribution is -1.89. The molecule has 0 aliphatic heterocycles. The van der Waals surface area contributed by atoms with Gasteiger partial charge in [-0.3, -0.25) is 0 Å². The van der Waals surface area contributed by atoms with Crippen LogP contribution in [0, 0.1) is 0 Å². The predicted octanol–water partition coefficient (Wildman–Crippen LogP) is 8.02. The first-order valence-corrected chi connectivity index (χ1v) is 10.4. The van der Waals surface area contributed by atoms with Crippen LogP contribution in [0.25, 0.3) is 21.0 Å². The van der Waals surface area contributed by atoms with Crippen LogP contribution in [0.1, 0.15) is 11.7 Å². The molecule has 6 heteroatoms. The molecule has 0 fully saturated rings. The average molecular weight is 408 g/mol. The van der Waals surface area contributed by atoms with Crippen LogP contribution < -0.4 is 0 Å². The van der Waals surface area contributed by atoms with Gasteiger partial charge in [-0.15, -0.1) is 5.11 Å². The van der Waals surface area contributed by atoms with Crippen molar-refractivity contribution in [3.63, 3.8) is 0 Å². The second-order valence-electron chi connectivity index (χ2n) is 6.68. The van der Waals surface area contributed by atoms with Gasteiger partial charge in [0.25, 0.3) is 0 Å². The van der Waals surface area contributed by atoms with E-state index in [1.54, 1.807) is 0 Å². The van der Waals surface area contributed by atoms with Crippen molar-refractivity contribution in [3.8, 4) is 0 Å². The second-order valence-corrected chi connectivity index (χ2v) is 7.69. The molecule has 1 heterocycles. The molecule has 0 amide bonds. The van der Waals surface area contributed by atoms with Crippen LogP contribution in [-0.2, 0) is 0 Å². The van der Waals surface area contributed by atoms with Crippen LogP contribution >= 0.6 is 11.3 Å². The van der Waals surface area contributed by atoms with Crippen molar-refractivity contribution in [3.05, 3.63) is 103 Å². The van der Waals surface area contributed by atoms with Crippen LogP contribution in [0.15, 0.2) is 118 Å². The third-order valence-electron chi connectivity index (χ3n) is 4.67. The number of nitrogens with zero attached hydrogens (tertiary/aromatic N) is 5. The molecule has 0 bridgehead atoms. The second kappa shape index (κ2) is 8.31. The molecule has 30 heavy (non-hydrogen) atoms. The van der Waals surface area contributed by atoms with Gasteiger partial charge in [-0.05, 0) is 23.6 Å². The van der Waals surface area contributed by atoms with E-state index in [1.807, 2.05) is 84.9 Å². The minimum Gasteiger partial charge on any atom is -0.217 e. The SMILES string of the molecule is c1ccc(C(N=Nc2nc3ccccc3s2)N=Nc2cccc3ccccc23)cc1. The van der Waals surface area contributed by atoms with Gasteiger partial charge in [-0.1, -0.05) is 90.2 Å². The number of rotatable bonds is 5. The Balaban J connectivity index is 1.50. The van der Waals surface area contributed by atoms with E-state index in [-0.39, 0.29) is 0 Å². The van der Waals surface area contributed by atoms with E-state index >= 15 is 0 Å². The van der Waals surface area contributed by atoms with Crippen molar-refractivity contribution >= 4 is 43.1 Å². The zero-order chi connectivity index (χ0) is 20.2. The van der Waals surface area contributed by atoms with Gasteiger partial charge in [0.05, 0.1) is 15.9 Å². The average Bonchev–Trinajstić information content (AvgIpc) is 3.23. The van der Waals surface area contributed by atoms with E-state index in [4.69, 9.17) is 0 Å². The minimum atomic E-state index is -0.544. The molecule has 0 N–H and O–H groups in total. The smallest absolute Gasteiger partial charge is 0.217 e. The van der Waals surface area contributed by atoms with Gasteiger partial charge in [-0.2, -0.15) is 15.3 Å². The highest BCUT2D eigenvalue weighted by atomic mass is 32.1. The number of aromatic nitrogens is 1. The maximum absolute atomic E-state index is 4.52. The van der Waals surface area contributed by atoms with Crippen LogP contribution in [0.5, 0.6) is 0 Å². The molecule has 0 aliphatic carbocycles. The first-order chi connectivity index (χ1) is 14.9. The van der Waals surface area contributed by atoms with E-state index in [2.05, 4.69) is 37.6 Å². The summed E-state index contributed by atoms with van der Waals surface area (Å²) in [5.74, 6) is 0. The Morgan fingerprint density at radius 2 is 1.40 bits per heavy atom. The summed E-state index contributed by atoms with van der Waals surface area (Å²) in [4.78, 5) is 4.52. The van der Waals surface area contributed by atoms with Crippen molar-refractivity contribution in [1.82, 2.24) is 4.98 Å². The van der Waals surface area contributed by atoms with Crippen LogP contribution in [0.2, 0.25) is 0 Å². The summed E-state index contributed by atoms with van der Waals surface area (Å²) < 4.78 is 1.08. The molecule has 5 aromatic rings. The van der Waals surface area contributed by atoms with Gasteiger partial charge >= 0.3 is 0 Å². The number of azo groups is 2. The molecule has 5 nitrogen and oxygen atoms in total. The monoisotopic (exact) mass is 407 g/mol. The fraction of sp³-hybridized carbons (Fsp3) is 0.0417. The molecule has 144 valence electrons. The van der Waals surface area contributed by atoms with Crippen LogP contribution in [0.4, 0.5) is 10.8 Å². The number of para-hydroxylation sites is 1.